The van der Waals surface area contributed by atoms with Crippen molar-refractivity contribution in [2.45, 2.75) is 38.3 Å². The van der Waals surface area contributed by atoms with Gasteiger partial charge in [-0.3, -0.25) is 9.89 Å². The van der Waals surface area contributed by atoms with Crippen molar-refractivity contribution in [3.8, 4) is 0 Å². The second-order valence-electron chi connectivity index (χ2n) is 6.37. The summed E-state index contributed by atoms with van der Waals surface area (Å²) in [5.74, 6) is 0.981. The first kappa shape index (κ1) is 17.5. The van der Waals surface area contributed by atoms with Crippen molar-refractivity contribution in [3.05, 3.63) is 35.9 Å². The maximum Gasteiger partial charge on any atom is 0.191 e. The maximum atomic E-state index is 4.51. The van der Waals surface area contributed by atoms with Gasteiger partial charge in [0.15, 0.2) is 5.96 Å². The lowest BCUT2D eigenvalue weighted by atomic mass is 9.98. The molecule has 1 unspecified atom stereocenters. The lowest BCUT2D eigenvalue weighted by molar-refractivity contribution is 0.149. The van der Waals surface area contributed by atoms with Gasteiger partial charge in [-0.05, 0) is 38.3 Å². The monoisotopic (exact) mass is 414 g/mol. The Morgan fingerprint density at radius 3 is 2.82 bits per heavy atom. The summed E-state index contributed by atoms with van der Waals surface area (Å²) in [6, 6.07) is 10.8. The molecular weight excluding hydrogens is 387 g/mol. The second kappa shape index (κ2) is 8.15. The van der Waals surface area contributed by atoms with E-state index in [1.165, 1.54) is 24.9 Å². The van der Waals surface area contributed by atoms with Crippen molar-refractivity contribution in [2.75, 3.05) is 26.2 Å². The molecule has 22 heavy (non-hydrogen) atoms. The number of rotatable bonds is 4. The van der Waals surface area contributed by atoms with Gasteiger partial charge < -0.3 is 10.6 Å². The van der Waals surface area contributed by atoms with Crippen LogP contribution >= 0.6 is 24.0 Å². The van der Waals surface area contributed by atoms with Crippen LogP contribution in [-0.4, -0.2) is 42.6 Å². The Labute approximate surface area is 150 Å². The van der Waals surface area contributed by atoms with Crippen LogP contribution in [0.3, 0.4) is 0 Å². The van der Waals surface area contributed by atoms with Crippen molar-refractivity contribution in [1.82, 2.24) is 15.5 Å². The molecule has 1 fully saturated rings. The molecule has 0 bridgehead atoms. The fourth-order valence-electron chi connectivity index (χ4n) is 3.28. The molecule has 0 saturated carbocycles. The molecule has 0 amide bonds. The predicted molar refractivity (Wildman–Crippen MR) is 103 cm³/mol. The molecule has 0 radical (unpaired) electrons. The van der Waals surface area contributed by atoms with E-state index in [0.717, 1.165) is 38.6 Å². The first-order valence-electron chi connectivity index (χ1n) is 8.07. The van der Waals surface area contributed by atoms with Crippen molar-refractivity contribution < 1.29 is 0 Å². The summed E-state index contributed by atoms with van der Waals surface area (Å²) >= 11 is 0. The number of hydrogen-bond donors (Lipinski definition) is 2. The van der Waals surface area contributed by atoms with Crippen LogP contribution in [0, 0.1) is 0 Å². The van der Waals surface area contributed by atoms with Crippen LogP contribution in [0.25, 0.3) is 0 Å². The average Bonchev–Trinajstić information content (AvgIpc) is 2.89. The van der Waals surface area contributed by atoms with Crippen molar-refractivity contribution in [3.63, 3.8) is 0 Å². The Kier molecular flexibility index (Phi) is 6.50. The summed E-state index contributed by atoms with van der Waals surface area (Å²) in [5.41, 5.74) is 1.62. The van der Waals surface area contributed by atoms with Crippen molar-refractivity contribution in [2.24, 2.45) is 4.99 Å². The Bertz CT molecular complexity index is 491. The van der Waals surface area contributed by atoms with Crippen LogP contribution in [0.15, 0.2) is 35.3 Å². The van der Waals surface area contributed by atoms with Crippen LogP contribution in [0.5, 0.6) is 0 Å². The summed E-state index contributed by atoms with van der Waals surface area (Å²) in [6.07, 6.45) is 3.67. The van der Waals surface area contributed by atoms with Crippen LogP contribution < -0.4 is 10.6 Å². The van der Waals surface area contributed by atoms with E-state index >= 15 is 0 Å². The summed E-state index contributed by atoms with van der Waals surface area (Å²) in [5, 5.41) is 6.86. The predicted octanol–water partition coefficient (Wildman–Crippen LogP) is 2.60. The summed E-state index contributed by atoms with van der Waals surface area (Å²) in [4.78, 5) is 7.12. The molecule has 1 atom stereocenters. The normalized spacial score (nSPS) is 25.0. The number of benzene rings is 1. The third kappa shape index (κ3) is 4.35. The highest BCUT2D eigenvalue weighted by Crippen LogP contribution is 2.29. The number of nitrogens with zero attached hydrogens (tertiary/aromatic N) is 2. The van der Waals surface area contributed by atoms with E-state index in [9.17, 15) is 0 Å². The van der Waals surface area contributed by atoms with Gasteiger partial charge in [-0.25, -0.2) is 0 Å². The van der Waals surface area contributed by atoms with Crippen LogP contribution in [-0.2, 0) is 6.54 Å². The molecule has 2 aliphatic heterocycles. The Hall–Kier alpha value is -0.820. The molecule has 1 aromatic carbocycles. The van der Waals surface area contributed by atoms with Gasteiger partial charge in [-0.2, -0.15) is 0 Å². The third-order valence-electron chi connectivity index (χ3n) is 4.66. The van der Waals surface area contributed by atoms with E-state index < -0.39 is 0 Å². The molecule has 0 aliphatic carbocycles. The van der Waals surface area contributed by atoms with E-state index in [4.69, 9.17) is 0 Å². The Morgan fingerprint density at radius 2 is 2.09 bits per heavy atom. The fraction of sp³-hybridized carbons (Fsp3) is 0.588. The average molecular weight is 414 g/mol. The molecule has 0 spiro atoms. The van der Waals surface area contributed by atoms with Crippen LogP contribution in [0.1, 0.15) is 31.7 Å². The van der Waals surface area contributed by atoms with E-state index in [0.29, 0.717) is 0 Å². The minimum atomic E-state index is 0. The number of likely N-dealkylation sites (tertiary alicyclic amines) is 1. The number of nitrogens with one attached hydrogen (secondary N) is 2. The largest absolute Gasteiger partial charge is 0.356 e. The van der Waals surface area contributed by atoms with E-state index in [1.54, 1.807) is 0 Å². The van der Waals surface area contributed by atoms with Gasteiger partial charge in [0.05, 0.1) is 0 Å². The molecule has 1 saturated heterocycles. The molecule has 2 aliphatic rings. The molecule has 1 aromatic rings. The Balaban J connectivity index is 0.00000176. The standard InChI is InChI=1S/C17H26N4.HI/c1-17(14-20-16-18-10-6-11-19-16)9-5-12-21(17)13-15-7-3-2-4-8-15;/h2-4,7-8H,5-6,9-14H2,1H3,(H2,18,19,20);1H. The smallest absolute Gasteiger partial charge is 0.191 e. The van der Waals surface area contributed by atoms with Gasteiger partial charge >= 0.3 is 0 Å². The molecular formula is C17H27IN4. The highest BCUT2D eigenvalue weighted by atomic mass is 127. The first-order valence-corrected chi connectivity index (χ1v) is 8.07. The fourth-order valence-corrected chi connectivity index (χ4v) is 3.28. The number of halogens is 1. The molecule has 2 N–H and O–H groups in total. The Morgan fingerprint density at radius 1 is 1.27 bits per heavy atom. The zero-order valence-corrected chi connectivity index (χ0v) is 15.7. The quantitative estimate of drug-likeness (QED) is 0.745. The highest BCUT2D eigenvalue weighted by Gasteiger charge is 2.36. The minimum absolute atomic E-state index is 0. The molecule has 5 heteroatoms. The van der Waals surface area contributed by atoms with Crippen LogP contribution in [0.2, 0.25) is 0 Å². The highest BCUT2D eigenvalue weighted by molar-refractivity contribution is 14.0. The minimum Gasteiger partial charge on any atom is -0.356 e. The molecule has 0 aromatic heterocycles. The number of guanidine groups is 1. The van der Waals surface area contributed by atoms with Gasteiger partial charge in [-0.15, -0.1) is 24.0 Å². The molecule has 3 rings (SSSR count). The topological polar surface area (TPSA) is 39.7 Å². The van der Waals surface area contributed by atoms with Gasteiger partial charge in [0, 0.05) is 31.7 Å². The van der Waals surface area contributed by atoms with Gasteiger partial charge in [-0.1, -0.05) is 30.3 Å². The first-order chi connectivity index (χ1) is 10.3. The zero-order valence-electron chi connectivity index (χ0n) is 13.3. The second-order valence-corrected chi connectivity index (χ2v) is 6.37. The summed E-state index contributed by atoms with van der Waals surface area (Å²) in [6.45, 7) is 7.55. The van der Waals surface area contributed by atoms with E-state index in [1.807, 2.05) is 0 Å². The van der Waals surface area contributed by atoms with E-state index in [2.05, 4.69) is 57.8 Å². The molecule has 122 valence electrons. The third-order valence-corrected chi connectivity index (χ3v) is 4.66. The summed E-state index contributed by atoms with van der Waals surface area (Å²) < 4.78 is 0. The zero-order chi connectivity index (χ0) is 14.5. The van der Waals surface area contributed by atoms with Gasteiger partial charge in [0.2, 0.25) is 0 Å². The number of aliphatic imine (C=N–C) groups is 1. The van der Waals surface area contributed by atoms with E-state index in [-0.39, 0.29) is 29.5 Å². The SMILES string of the molecule is CC1(CNC2=NCCCN2)CCCN1Cc1ccccc1.I. The lowest BCUT2D eigenvalue weighted by Gasteiger charge is -2.36. The molecule has 2 heterocycles. The lowest BCUT2D eigenvalue weighted by Crippen LogP contribution is -2.52. The van der Waals surface area contributed by atoms with Crippen molar-refractivity contribution >= 4 is 29.9 Å². The number of hydrogen-bond acceptors (Lipinski definition) is 4. The van der Waals surface area contributed by atoms with Crippen LogP contribution in [0.4, 0.5) is 0 Å². The van der Waals surface area contributed by atoms with Gasteiger partial charge in [0.25, 0.3) is 0 Å². The van der Waals surface area contributed by atoms with Crippen molar-refractivity contribution in [1.29, 1.82) is 0 Å². The van der Waals surface area contributed by atoms with Gasteiger partial charge in [0.1, 0.15) is 0 Å². The molecule has 4 nitrogen and oxygen atoms in total. The summed E-state index contributed by atoms with van der Waals surface area (Å²) in [7, 11) is 0. The maximum absolute atomic E-state index is 4.51.